The van der Waals surface area contributed by atoms with E-state index in [0.717, 1.165) is 51.3 Å². The highest BCUT2D eigenvalue weighted by Gasteiger charge is 2.19. The minimum atomic E-state index is -0.372. The molecule has 0 amide bonds. The molecule has 1 aliphatic heterocycles. The lowest BCUT2D eigenvalue weighted by Crippen LogP contribution is -2.46. The van der Waals surface area contributed by atoms with E-state index in [1.807, 2.05) is 0 Å². The monoisotopic (exact) mass is 416 g/mol. The fourth-order valence-electron chi connectivity index (χ4n) is 3.89. The average Bonchev–Trinajstić information content (AvgIpc) is 3.11. The minimum absolute atomic E-state index is 0. The van der Waals surface area contributed by atoms with Crippen molar-refractivity contribution in [3.8, 4) is 0 Å². The van der Waals surface area contributed by atoms with Gasteiger partial charge in [0.25, 0.3) is 0 Å². The highest BCUT2D eigenvalue weighted by molar-refractivity contribution is 7.17. The Hall–Kier alpha value is -1.43. The molecule has 1 N–H and O–H groups in total. The van der Waals surface area contributed by atoms with Gasteiger partial charge in [0.2, 0.25) is 0 Å². The number of aryl methyl sites for hydroxylation is 1. The number of halogens is 1. The Kier molecular flexibility index (Phi) is 7.49. The van der Waals surface area contributed by atoms with Crippen LogP contribution in [0.3, 0.4) is 0 Å². The lowest BCUT2D eigenvalue weighted by molar-refractivity contribution is 0.0999. The van der Waals surface area contributed by atoms with E-state index in [2.05, 4.69) is 70.6 Å². The second-order valence-electron chi connectivity index (χ2n) is 7.60. The number of aliphatic hydroxyl groups excluding tert-OH is 1. The number of nitrogens with zero attached hydrogens (tertiary/aromatic N) is 2. The van der Waals surface area contributed by atoms with Gasteiger partial charge in [0.05, 0.1) is 6.10 Å². The molecule has 1 saturated heterocycles. The van der Waals surface area contributed by atoms with E-state index in [0.29, 0.717) is 0 Å². The number of piperazine rings is 1. The van der Waals surface area contributed by atoms with Gasteiger partial charge in [-0.2, -0.15) is 0 Å². The molecular weight excluding hydrogens is 388 g/mol. The molecule has 150 valence electrons. The zero-order chi connectivity index (χ0) is 18.6. The van der Waals surface area contributed by atoms with Crippen molar-refractivity contribution < 1.29 is 5.11 Å². The highest BCUT2D eigenvalue weighted by Crippen LogP contribution is 2.32. The Balaban J connectivity index is 0.00000225. The van der Waals surface area contributed by atoms with E-state index in [9.17, 15) is 5.11 Å². The van der Waals surface area contributed by atoms with Crippen LogP contribution in [0.15, 0.2) is 53.9 Å². The summed E-state index contributed by atoms with van der Waals surface area (Å²) in [4.78, 5) is 5.02. The van der Waals surface area contributed by atoms with Gasteiger partial charge in [-0.3, -0.25) is 4.90 Å². The predicted molar refractivity (Wildman–Crippen MR) is 122 cm³/mol. The number of hydrogen-bond acceptors (Lipinski definition) is 4. The SMILES string of the molecule is Cc1ccc2scc(C(O)CCN3CCN(Cc4ccccc4)CC3)c2c1.Cl. The summed E-state index contributed by atoms with van der Waals surface area (Å²) in [6.07, 6.45) is 0.432. The zero-order valence-corrected chi connectivity index (χ0v) is 18.0. The molecular formula is C23H29ClN2OS. The van der Waals surface area contributed by atoms with Gasteiger partial charge in [0, 0.05) is 44.0 Å². The molecule has 28 heavy (non-hydrogen) atoms. The maximum atomic E-state index is 10.7. The van der Waals surface area contributed by atoms with Gasteiger partial charge in [-0.1, -0.05) is 48.0 Å². The molecule has 3 nitrogen and oxygen atoms in total. The van der Waals surface area contributed by atoms with Crippen molar-refractivity contribution in [3.63, 3.8) is 0 Å². The first-order chi connectivity index (χ1) is 13.2. The first-order valence-electron chi connectivity index (χ1n) is 9.83. The average molecular weight is 417 g/mol. The molecule has 2 heterocycles. The van der Waals surface area contributed by atoms with E-state index in [4.69, 9.17) is 0 Å². The summed E-state index contributed by atoms with van der Waals surface area (Å²) >= 11 is 1.73. The quantitative estimate of drug-likeness (QED) is 0.620. The maximum Gasteiger partial charge on any atom is 0.0816 e. The molecule has 1 aliphatic rings. The summed E-state index contributed by atoms with van der Waals surface area (Å²) in [5.74, 6) is 0. The van der Waals surface area contributed by atoms with Crippen LogP contribution in [-0.4, -0.2) is 47.6 Å². The molecule has 0 radical (unpaired) electrons. The molecule has 2 aromatic carbocycles. The standard InChI is InChI=1S/C23H28N2OS.ClH/c1-18-7-8-23-20(15-18)21(17-27-23)22(26)9-10-24-11-13-25(14-12-24)16-19-5-3-2-4-6-19;/h2-8,15,17,22,26H,9-14,16H2,1H3;1H. The summed E-state index contributed by atoms with van der Waals surface area (Å²) in [5, 5.41) is 14.1. The number of aliphatic hydroxyl groups is 1. The Morgan fingerprint density at radius 1 is 1.00 bits per heavy atom. The number of thiophene rings is 1. The van der Waals surface area contributed by atoms with Crippen LogP contribution in [0, 0.1) is 6.92 Å². The van der Waals surface area contributed by atoms with Crippen molar-refractivity contribution >= 4 is 33.8 Å². The van der Waals surface area contributed by atoms with Crippen molar-refractivity contribution in [1.82, 2.24) is 9.80 Å². The molecule has 0 bridgehead atoms. The largest absolute Gasteiger partial charge is 0.388 e. The van der Waals surface area contributed by atoms with E-state index >= 15 is 0 Å². The Labute approximate surface area is 178 Å². The fourth-order valence-corrected chi connectivity index (χ4v) is 4.88. The second-order valence-corrected chi connectivity index (χ2v) is 8.51. The first kappa shape index (κ1) is 21.3. The molecule has 1 fully saturated rings. The van der Waals surface area contributed by atoms with Crippen LogP contribution >= 0.6 is 23.7 Å². The summed E-state index contributed by atoms with van der Waals surface area (Å²) in [6, 6.07) is 17.2. The van der Waals surface area contributed by atoms with E-state index < -0.39 is 0 Å². The molecule has 0 saturated carbocycles. The minimum Gasteiger partial charge on any atom is -0.388 e. The van der Waals surface area contributed by atoms with E-state index in [-0.39, 0.29) is 18.5 Å². The van der Waals surface area contributed by atoms with Crippen molar-refractivity contribution in [3.05, 3.63) is 70.6 Å². The van der Waals surface area contributed by atoms with Gasteiger partial charge < -0.3 is 10.0 Å². The van der Waals surface area contributed by atoms with Crippen LogP contribution in [0.2, 0.25) is 0 Å². The van der Waals surface area contributed by atoms with Gasteiger partial charge in [-0.05, 0) is 41.3 Å². The first-order valence-corrected chi connectivity index (χ1v) is 10.7. The van der Waals surface area contributed by atoms with Crippen LogP contribution in [0.5, 0.6) is 0 Å². The van der Waals surface area contributed by atoms with Gasteiger partial charge in [-0.15, -0.1) is 23.7 Å². The molecule has 5 heteroatoms. The molecule has 3 aromatic rings. The normalized spacial score (nSPS) is 16.8. The summed E-state index contributed by atoms with van der Waals surface area (Å²) in [5.41, 5.74) is 3.74. The summed E-state index contributed by atoms with van der Waals surface area (Å²) < 4.78 is 1.27. The lowest BCUT2D eigenvalue weighted by Gasteiger charge is -2.35. The molecule has 4 rings (SSSR count). The van der Waals surface area contributed by atoms with Crippen molar-refractivity contribution in [2.45, 2.75) is 26.0 Å². The lowest BCUT2D eigenvalue weighted by atomic mass is 10.0. The maximum absolute atomic E-state index is 10.7. The Morgan fingerprint density at radius 3 is 2.46 bits per heavy atom. The molecule has 1 aromatic heterocycles. The fraction of sp³-hybridized carbons (Fsp3) is 0.391. The van der Waals surface area contributed by atoms with Gasteiger partial charge in [-0.25, -0.2) is 0 Å². The third-order valence-electron chi connectivity index (χ3n) is 5.55. The van der Waals surface area contributed by atoms with E-state index in [1.165, 1.54) is 21.2 Å². The smallest absolute Gasteiger partial charge is 0.0816 e. The van der Waals surface area contributed by atoms with Crippen LogP contribution in [0.25, 0.3) is 10.1 Å². The van der Waals surface area contributed by atoms with Crippen LogP contribution < -0.4 is 0 Å². The van der Waals surface area contributed by atoms with Crippen LogP contribution in [-0.2, 0) is 6.54 Å². The molecule has 1 unspecified atom stereocenters. The van der Waals surface area contributed by atoms with Crippen molar-refractivity contribution in [2.24, 2.45) is 0 Å². The topological polar surface area (TPSA) is 26.7 Å². The second kappa shape index (κ2) is 9.86. The number of hydrogen-bond donors (Lipinski definition) is 1. The Bertz CT molecular complexity index is 875. The van der Waals surface area contributed by atoms with Crippen molar-refractivity contribution in [1.29, 1.82) is 0 Å². The van der Waals surface area contributed by atoms with Gasteiger partial charge in [0.1, 0.15) is 0 Å². The third-order valence-corrected chi connectivity index (χ3v) is 6.53. The van der Waals surface area contributed by atoms with Crippen LogP contribution in [0.1, 0.15) is 29.2 Å². The summed E-state index contributed by atoms with van der Waals surface area (Å²) in [6.45, 7) is 8.49. The molecule has 1 atom stereocenters. The summed E-state index contributed by atoms with van der Waals surface area (Å²) in [7, 11) is 0. The number of benzene rings is 2. The van der Waals surface area contributed by atoms with E-state index in [1.54, 1.807) is 11.3 Å². The van der Waals surface area contributed by atoms with Crippen molar-refractivity contribution in [2.75, 3.05) is 32.7 Å². The Morgan fingerprint density at radius 2 is 1.71 bits per heavy atom. The van der Waals surface area contributed by atoms with Gasteiger partial charge in [0.15, 0.2) is 0 Å². The number of rotatable bonds is 6. The molecule has 0 spiro atoms. The zero-order valence-electron chi connectivity index (χ0n) is 16.4. The predicted octanol–water partition coefficient (Wildman–Crippen LogP) is 4.87. The number of fused-ring (bicyclic) bond motifs is 1. The van der Waals surface area contributed by atoms with Gasteiger partial charge >= 0.3 is 0 Å². The molecule has 0 aliphatic carbocycles. The third kappa shape index (κ3) is 5.13. The van der Waals surface area contributed by atoms with Crippen LogP contribution in [0.4, 0.5) is 0 Å². The highest BCUT2D eigenvalue weighted by atomic mass is 35.5.